The van der Waals surface area contributed by atoms with E-state index in [9.17, 15) is 9.59 Å². The average Bonchev–Trinajstić information content (AvgIpc) is 2.80. The minimum atomic E-state index is -1.94. The maximum absolute atomic E-state index is 13.4. The van der Waals surface area contributed by atoms with Crippen molar-refractivity contribution in [3.8, 4) is 0 Å². The monoisotopic (exact) mass is 535 g/mol. The minimum Gasteiger partial charge on any atom is -0.478 e. The van der Waals surface area contributed by atoms with Crippen LogP contribution in [0.2, 0.25) is 0 Å². The highest BCUT2D eigenvalue weighted by Crippen LogP contribution is 2.31. The molecule has 0 saturated carbocycles. The van der Waals surface area contributed by atoms with Gasteiger partial charge in [-0.1, -0.05) is 95.5 Å². The first-order valence-electron chi connectivity index (χ1n) is 10.0. The number of benzene rings is 3. The molecule has 10 heteroatoms. The second-order valence-corrected chi connectivity index (χ2v) is 10.00. The first-order chi connectivity index (χ1) is 16.1. The van der Waals surface area contributed by atoms with Crippen molar-refractivity contribution < 1.29 is 14.7 Å². The first-order valence-corrected chi connectivity index (χ1v) is 11.6. The van der Waals surface area contributed by atoms with Crippen molar-refractivity contribution in [3.05, 3.63) is 102 Å². The zero-order valence-electron chi connectivity index (χ0n) is 17.5. The standard InChI is InChI=1S/C24H20Cl3N3O3S/c25-24(26,27)22(30-23(34)28-18-13-11-17(12-14-18)21(32)33)29-20(31)19(15-7-3-1-4-8-15)16-9-5-2-6-10-16/h1-14,19,22H,(H,29,31)(H,32,33)(H2,28,30,34)/t22-/m0/s1. The van der Waals surface area contributed by atoms with Crippen LogP contribution in [-0.4, -0.2) is 32.1 Å². The number of anilines is 1. The van der Waals surface area contributed by atoms with Gasteiger partial charge in [-0.3, -0.25) is 4.79 Å². The molecule has 3 aromatic rings. The van der Waals surface area contributed by atoms with Crippen LogP contribution in [0.25, 0.3) is 0 Å². The third-order valence-electron chi connectivity index (χ3n) is 4.81. The fraction of sp³-hybridized carbons (Fsp3) is 0.125. The van der Waals surface area contributed by atoms with Gasteiger partial charge in [-0.2, -0.15) is 0 Å². The van der Waals surface area contributed by atoms with Crippen molar-refractivity contribution in [3.63, 3.8) is 0 Å². The summed E-state index contributed by atoms with van der Waals surface area (Å²) in [6.45, 7) is 0. The van der Waals surface area contributed by atoms with E-state index in [1.165, 1.54) is 12.1 Å². The van der Waals surface area contributed by atoms with Crippen LogP contribution in [0.5, 0.6) is 0 Å². The Morgan fingerprint density at radius 3 is 1.74 bits per heavy atom. The molecule has 0 fully saturated rings. The molecule has 1 atom stereocenters. The summed E-state index contributed by atoms with van der Waals surface area (Å²) in [7, 11) is 0. The molecule has 6 nitrogen and oxygen atoms in total. The Labute approximate surface area is 217 Å². The number of carbonyl (C=O) groups excluding carboxylic acids is 1. The molecule has 0 unspecified atom stereocenters. The van der Waals surface area contributed by atoms with E-state index in [1.54, 1.807) is 12.1 Å². The second kappa shape index (κ2) is 11.5. The number of carboxylic acid groups (broad SMARTS) is 1. The fourth-order valence-electron chi connectivity index (χ4n) is 3.21. The van der Waals surface area contributed by atoms with Gasteiger partial charge in [-0.05, 0) is 47.6 Å². The van der Waals surface area contributed by atoms with Crippen LogP contribution in [0, 0.1) is 0 Å². The summed E-state index contributed by atoms with van der Waals surface area (Å²) in [5.41, 5.74) is 2.19. The molecule has 0 radical (unpaired) electrons. The summed E-state index contributed by atoms with van der Waals surface area (Å²) >= 11 is 23.7. The van der Waals surface area contributed by atoms with E-state index >= 15 is 0 Å². The second-order valence-electron chi connectivity index (χ2n) is 7.22. The van der Waals surface area contributed by atoms with E-state index in [0.29, 0.717) is 5.69 Å². The maximum Gasteiger partial charge on any atom is 0.335 e. The lowest BCUT2D eigenvalue weighted by molar-refractivity contribution is -0.122. The van der Waals surface area contributed by atoms with Crippen LogP contribution < -0.4 is 16.0 Å². The van der Waals surface area contributed by atoms with Gasteiger partial charge in [-0.25, -0.2) is 4.79 Å². The number of thiocarbonyl (C=S) groups is 1. The number of amides is 1. The van der Waals surface area contributed by atoms with Crippen molar-refractivity contribution in [1.29, 1.82) is 0 Å². The lowest BCUT2D eigenvalue weighted by Crippen LogP contribution is -2.57. The molecule has 176 valence electrons. The van der Waals surface area contributed by atoms with Gasteiger partial charge in [0.15, 0.2) is 5.11 Å². The number of rotatable bonds is 7. The molecule has 0 bridgehead atoms. The molecular weight excluding hydrogens is 517 g/mol. The molecule has 4 N–H and O–H groups in total. The van der Waals surface area contributed by atoms with Crippen molar-refractivity contribution in [2.24, 2.45) is 0 Å². The number of aromatic carboxylic acids is 1. The van der Waals surface area contributed by atoms with Crippen molar-refractivity contribution in [1.82, 2.24) is 10.6 Å². The Bertz CT molecular complexity index is 1100. The zero-order valence-corrected chi connectivity index (χ0v) is 20.6. The van der Waals surface area contributed by atoms with Crippen LogP contribution >= 0.6 is 47.0 Å². The molecule has 1 amide bonds. The summed E-state index contributed by atoms with van der Waals surface area (Å²) < 4.78 is -1.94. The number of hydrogen-bond donors (Lipinski definition) is 4. The molecule has 3 rings (SSSR count). The van der Waals surface area contributed by atoms with Gasteiger partial charge >= 0.3 is 5.97 Å². The Morgan fingerprint density at radius 1 is 0.794 bits per heavy atom. The summed E-state index contributed by atoms with van der Waals surface area (Å²) in [6.07, 6.45) is -1.17. The quantitative estimate of drug-likeness (QED) is 0.186. The number of nitrogens with one attached hydrogen (secondary N) is 3. The van der Waals surface area contributed by atoms with Gasteiger partial charge in [0.2, 0.25) is 9.70 Å². The topological polar surface area (TPSA) is 90.5 Å². The number of alkyl halides is 3. The molecule has 0 saturated heterocycles. The third kappa shape index (κ3) is 7.08. The van der Waals surface area contributed by atoms with Crippen LogP contribution in [0.3, 0.4) is 0 Å². The van der Waals surface area contributed by atoms with Gasteiger partial charge in [0.1, 0.15) is 6.17 Å². The normalized spacial score (nSPS) is 12.0. The molecule has 0 aromatic heterocycles. The van der Waals surface area contributed by atoms with Crippen LogP contribution in [0.4, 0.5) is 5.69 Å². The van der Waals surface area contributed by atoms with Crippen molar-refractivity contribution in [2.75, 3.05) is 5.32 Å². The number of hydrogen-bond acceptors (Lipinski definition) is 3. The molecule has 0 aliphatic carbocycles. The van der Waals surface area contributed by atoms with Gasteiger partial charge < -0.3 is 21.1 Å². The maximum atomic E-state index is 13.4. The van der Waals surface area contributed by atoms with E-state index in [4.69, 9.17) is 52.1 Å². The number of halogens is 3. The predicted molar refractivity (Wildman–Crippen MR) is 140 cm³/mol. The molecule has 0 heterocycles. The van der Waals surface area contributed by atoms with E-state index in [1.807, 2.05) is 60.7 Å². The Hall–Kier alpha value is -2.84. The Morgan fingerprint density at radius 2 is 1.29 bits per heavy atom. The number of carboxylic acids is 1. The molecule has 34 heavy (non-hydrogen) atoms. The molecule has 0 aliphatic rings. The van der Waals surface area contributed by atoms with Crippen LogP contribution in [0.15, 0.2) is 84.9 Å². The minimum absolute atomic E-state index is 0.0654. The van der Waals surface area contributed by atoms with Gasteiger partial charge in [0.05, 0.1) is 11.5 Å². The summed E-state index contributed by atoms with van der Waals surface area (Å²) in [5, 5.41) is 17.5. The fourth-order valence-corrected chi connectivity index (χ4v) is 3.77. The highest BCUT2D eigenvalue weighted by Gasteiger charge is 2.36. The van der Waals surface area contributed by atoms with Gasteiger partial charge in [-0.15, -0.1) is 0 Å². The highest BCUT2D eigenvalue weighted by molar-refractivity contribution is 7.80. The zero-order chi connectivity index (χ0) is 24.7. The Kier molecular flexibility index (Phi) is 8.74. The van der Waals surface area contributed by atoms with Crippen molar-refractivity contribution in [2.45, 2.75) is 15.9 Å². The average molecular weight is 537 g/mol. The summed E-state index contributed by atoms with van der Waals surface area (Å²) in [6, 6.07) is 24.4. The summed E-state index contributed by atoms with van der Waals surface area (Å²) in [4.78, 5) is 24.4. The lowest BCUT2D eigenvalue weighted by Gasteiger charge is -2.29. The van der Waals surface area contributed by atoms with E-state index in [2.05, 4.69) is 16.0 Å². The van der Waals surface area contributed by atoms with Crippen molar-refractivity contribution >= 4 is 69.7 Å². The lowest BCUT2D eigenvalue weighted by atomic mass is 9.90. The molecular formula is C24H20Cl3N3O3S. The number of carbonyl (C=O) groups is 2. The molecule has 0 aliphatic heterocycles. The first kappa shape index (κ1) is 25.8. The van der Waals surface area contributed by atoms with Crippen LogP contribution in [-0.2, 0) is 4.79 Å². The van der Waals surface area contributed by atoms with Gasteiger partial charge in [0, 0.05) is 5.69 Å². The molecule has 3 aromatic carbocycles. The van der Waals surface area contributed by atoms with E-state index in [-0.39, 0.29) is 10.7 Å². The largest absolute Gasteiger partial charge is 0.478 e. The Balaban J connectivity index is 1.77. The summed E-state index contributed by atoms with van der Waals surface area (Å²) in [5.74, 6) is -2.09. The van der Waals surface area contributed by atoms with Crippen LogP contribution in [0.1, 0.15) is 27.4 Å². The smallest absolute Gasteiger partial charge is 0.335 e. The van der Waals surface area contributed by atoms with E-state index < -0.39 is 27.8 Å². The van der Waals surface area contributed by atoms with E-state index in [0.717, 1.165) is 11.1 Å². The highest BCUT2D eigenvalue weighted by atomic mass is 35.6. The SMILES string of the molecule is O=C(O)c1ccc(NC(=S)N[C@H](NC(=O)C(c2ccccc2)c2ccccc2)C(Cl)(Cl)Cl)cc1. The van der Waals surface area contributed by atoms with Gasteiger partial charge in [0.25, 0.3) is 0 Å². The predicted octanol–water partition coefficient (Wildman–Crippen LogP) is 5.32. The third-order valence-corrected chi connectivity index (χ3v) is 5.68. The molecule has 0 spiro atoms.